The number of nitrogens with one attached hydrogen (secondary N) is 2. The normalized spacial score (nSPS) is 11.0. The first kappa shape index (κ1) is 20.5. The van der Waals surface area contributed by atoms with Gasteiger partial charge in [-0.2, -0.15) is 0 Å². The molecular weight excluding hydrogens is 340 g/mol. The van der Waals surface area contributed by atoms with E-state index in [-0.39, 0.29) is 23.7 Å². The van der Waals surface area contributed by atoms with Crippen molar-refractivity contribution in [1.29, 1.82) is 0 Å². The maximum absolute atomic E-state index is 11.9. The van der Waals surface area contributed by atoms with Gasteiger partial charge in [-0.25, -0.2) is 0 Å². The van der Waals surface area contributed by atoms with Crippen molar-refractivity contribution in [3.05, 3.63) is 65.2 Å². The molecule has 0 aliphatic heterocycles. The van der Waals surface area contributed by atoms with Crippen molar-refractivity contribution >= 4 is 11.8 Å². The summed E-state index contributed by atoms with van der Waals surface area (Å²) in [5.74, 6) is 0.268. The zero-order chi connectivity index (χ0) is 19.9. The minimum atomic E-state index is -0.261. The first-order chi connectivity index (χ1) is 12.8. The standard InChI is InChI=1S/C22H28N2O3/c1-22(2,3)18-10-5-16(6-11-18)9-14-20(25)23-24-21(26)15-17-7-12-19(27-4)13-8-17/h5-8,10-13H,9,14-15H2,1-4H3,(H,23,25)(H,24,26). The predicted molar refractivity (Wildman–Crippen MR) is 106 cm³/mol. The lowest BCUT2D eigenvalue weighted by Gasteiger charge is -2.19. The summed E-state index contributed by atoms with van der Waals surface area (Å²) in [7, 11) is 1.59. The van der Waals surface area contributed by atoms with Gasteiger partial charge < -0.3 is 4.74 Å². The van der Waals surface area contributed by atoms with Crippen LogP contribution in [0.15, 0.2) is 48.5 Å². The number of carbonyl (C=O) groups is 2. The third-order valence-corrected chi connectivity index (χ3v) is 4.33. The van der Waals surface area contributed by atoms with E-state index in [0.29, 0.717) is 12.8 Å². The fraction of sp³-hybridized carbons (Fsp3) is 0.364. The number of hydrogen-bond acceptors (Lipinski definition) is 3. The number of hydrogen-bond donors (Lipinski definition) is 2. The number of amides is 2. The van der Waals surface area contributed by atoms with E-state index in [0.717, 1.165) is 16.9 Å². The van der Waals surface area contributed by atoms with Gasteiger partial charge in [-0.15, -0.1) is 0 Å². The van der Waals surface area contributed by atoms with Gasteiger partial charge in [0, 0.05) is 6.42 Å². The molecule has 5 nitrogen and oxygen atoms in total. The monoisotopic (exact) mass is 368 g/mol. The van der Waals surface area contributed by atoms with Gasteiger partial charge in [0.1, 0.15) is 5.75 Å². The quantitative estimate of drug-likeness (QED) is 0.769. The molecule has 2 N–H and O–H groups in total. The molecule has 2 amide bonds. The van der Waals surface area contributed by atoms with Gasteiger partial charge in [-0.3, -0.25) is 20.4 Å². The number of methoxy groups -OCH3 is 1. The Morgan fingerprint density at radius 3 is 1.96 bits per heavy atom. The molecule has 0 bridgehead atoms. The zero-order valence-corrected chi connectivity index (χ0v) is 16.5. The molecule has 2 aromatic carbocycles. The number of aryl methyl sites for hydroxylation is 1. The number of benzene rings is 2. The van der Waals surface area contributed by atoms with E-state index in [9.17, 15) is 9.59 Å². The van der Waals surface area contributed by atoms with E-state index in [1.807, 2.05) is 12.1 Å². The molecule has 0 heterocycles. The Labute approximate surface area is 161 Å². The molecule has 0 radical (unpaired) electrons. The molecule has 0 aliphatic rings. The minimum absolute atomic E-state index is 0.115. The van der Waals surface area contributed by atoms with E-state index in [2.05, 4.69) is 55.9 Å². The Morgan fingerprint density at radius 1 is 0.852 bits per heavy atom. The Balaban J connectivity index is 1.73. The highest BCUT2D eigenvalue weighted by Gasteiger charge is 2.13. The molecule has 0 aromatic heterocycles. The van der Waals surface area contributed by atoms with Crippen LogP contribution in [-0.2, 0) is 27.8 Å². The van der Waals surface area contributed by atoms with Crippen molar-refractivity contribution in [3.63, 3.8) is 0 Å². The van der Waals surface area contributed by atoms with Crippen molar-refractivity contribution < 1.29 is 14.3 Å². The molecule has 0 fully saturated rings. The summed E-state index contributed by atoms with van der Waals surface area (Å²) < 4.78 is 5.08. The summed E-state index contributed by atoms with van der Waals surface area (Å²) in [5.41, 5.74) is 8.25. The van der Waals surface area contributed by atoms with Gasteiger partial charge >= 0.3 is 0 Å². The lowest BCUT2D eigenvalue weighted by Crippen LogP contribution is -2.42. The summed E-state index contributed by atoms with van der Waals surface area (Å²) in [6, 6.07) is 15.5. The van der Waals surface area contributed by atoms with E-state index in [4.69, 9.17) is 4.74 Å². The maximum Gasteiger partial charge on any atom is 0.242 e. The van der Waals surface area contributed by atoms with Gasteiger partial charge in [0.25, 0.3) is 0 Å². The van der Waals surface area contributed by atoms with Crippen LogP contribution in [0, 0.1) is 0 Å². The first-order valence-corrected chi connectivity index (χ1v) is 9.08. The van der Waals surface area contributed by atoms with E-state index < -0.39 is 0 Å². The number of hydrazine groups is 1. The average Bonchev–Trinajstić information content (AvgIpc) is 2.65. The molecule has 144 valence electrons. The zero-order valence-electron chi connectivity index (χ0n) is 16.5. The average molecular weight is 368 g/mol. The first-order valence-electron chi connectivity index (χ1n) is 9.08. The minimum Gasteiger partial charge on any atom is -0.497 e. The second-order valence-corrected chi connectivity index (χ2v) is 7.57. The van der Waals surface area contributed by atoms with E-state index in [1.165, 1.54) is 5.56 Å². The van der Waals surface area contributed by atoms with Crippen LogP contribution in [0.3, 0.4) is 0 Å². The van der Waals surface area contributed by atoms with Crippen LogP contribution in [0.4, 0.5) is 0 Å². The third-order valence-electron chi connectivity index (χ3n) is 4.33. The summed E-state index contributed by atoms with van der Waals surface area (Å²) >= 11 is 0. The van der Waals surface area contributed by atoms with Crippen molar-refractivity contribution in [2.75, 3.05) is 7.11 Å². The van der Waals surface area contributed by atoms with Crippen LogP contribution in [0.1, 0.15) is 43.9 Å². The van der Waals surface area contributed by atoms with Crippen LogP contribution in [0.5, 0.6) is 5.75 Å². The number of ether oxygens (including phenoxy) is 1. The molecule has 27 heavy (non-hydrogen) atoms. The second-order valence-electron chi connectivity index (χ2n) is 7.57. The SMILES string of the molecule is COc1ccc(CC(=O)NNC(=O)CCc2ccc(C(C)(C)C)cc2)cc1. The highest BCUT2D eigenvalue weighted by atomic mass is 16.5. The highest BCUT2D eigenvalue weighted by Crippen LogP contribution is 2.22. The van der Waals surface area contributed by atoms with Gasteiger partial charge in [-0.1, -0.05) is 57.2 Å². The lowest BCUT2D eigenvalue weighted by atomic mass is 9.86. The van der Waals surface area contributed by atoms with Crippen molar-refractivity contribution in [3.8, 4) is 5.75 Å². The van der Waals surface area contributed by atoms with Gasteiger partial charge in [-0.05, 0) is 40.7 Å². The molecule has 2 rings (SSSR count). The molecule has 0 spiro atoms. The molecule has 0 atom stereocenters. The maximum atomic E-state index is 11.9. The molecule has 0 saturated carbocycles. The lowest BCUT2D eigenvalue weighted by molar-refractivity contribution is -0.128. The molecule has 5 heteroatoms. The smallest absolute Gasteiger partial charge is 0.242 e. The van der Waals surface area contributed by atoms with Crippen LogP contribution in [0.25, 0.3) is 0 Å². The van der Waals surface area contributed by atoms with Crippen molar-refractivity contribution in [2.45, 2.75) is 45.4 Å². The second kappa shape index (κ2) is 9.21. The number of rotatable bonds is 6. The fourth-order valence-electron chi connectivity index (χ4n) is 2.60. The largest absolute Gasteiger partial charge is 0.497 e. The Bertz CT molecular complexity index is 760. The summed E-state index contributed by atoms with van der Waals surface area (Å²) in [6.07, 6.45) is 1.14. The molecule has 2 aromatic rings. The summed E-state index contributed by atoms with van der Waals surface area (Å²) in [6.45, 7) is 6.51. The number of carbonyl (C=O) groups excluding carboxylic acids is 2. The highest BCUT2D eigenvalue weighted by molar-refractivity contribution is 5.83. The molecule has 0 unspecified atom stereocenters. The Kier molecular flexibility index (Phi) is 6.99. The topological polar surface area (TPSA) is 67.4 Å². The Morgan fingerprint density at radius 2 is 1.41 bits per heavy atom. The van der Waals surface area contributed by atoms with Crippen LogP contribution >= 0.6 is 0 Å². The Hall–Kier alpha value is -2.82. The molecule has 0 aliphatic carbocycles. The van der Waals surface area contributed by atoms with Crippen LogP contribution in [-0.4, -0.2) is 18.9 Å². The van der Waals surface area contributed by atoms with Crippen LogP contribution < -0.4 is 15.6 Å². The molecular formula is C22H28N2O3. The summed E-state index contributed by atoms with van der Waals surface area (Å²) in [5, 5.41) is 0. The van der Waals surface area contributed by atoms with E-state index >= 15 is 0 Å². The summed E-state index contributed by atoms with van der Waals surface area (Å²) in [4.78, 5) is 23.9. The van der Waals surface area contributed by atoms with Gasteiger partial charge in [0.05, 0.1) is 13.5 Å². The fourth-order valence-corrected chi connectivity index (χ4v) is 2.60. The van der Waals surface area contributed by atoms with Crippen molar-refractivity contribution in [2.24, 2.45) is 0 Å². The van der Waals surface area contributed by atoms with Gasteiger partial charge in [0.2, 0.25) is 11.8 Å². The predicted octanol–water partition coefficient (Wildman–Crippen LogP) is 3.32. The third kappa shape index (κ3) is 6.77. The van der Waals surface area contributed by atoms with Gasteiger partial charge in [0.15, 0.2) is 0 Å². The molecule has 0 saturated heterocycles. The van der Waals surface area contributed by atoms with E-state index in [1.54, 1.807) is 19.2 Å². The van der Waals surface area contributed by atoms with Crippen molar-refractivity contribution in [1.82, 2.24) is 10.9 Å². The van der Waals surface area contributed by atoms with Crippen LogP contribution in [0.2, 0.25) is 0 Å².